The van der Waals surface area contributed by atoms with Gasteiger partial charge in [-0.3, -0.25) is 4.79 Å². The predicted octanol–water partition coefficient (Wildman–Crippen LogP) is 2.09. The van der Waals surface area contributed by atoms with Gasteiger partial charge in [-0.2, -0.15) is 18.3 Å². The van der Waals surface area contributed by atoms with Crippen molar-refractivity contribution in [3.63, 3.8) is 0 Å². The van der Waals surface area contributed by atoms with Crippen molar-refractivity contribution in [1.29, 1.82) is 5.26 Å². The minimum Gasteiger partial charge on any atom is -0.483 e. The van der Waals surface area contributed by atoms with Crippen LogP contribution in [0.2, 0.25) is 12.6 Å². The van der Waals surface area contributed by atoms with E-state index in [4.69, 9.17) is 10.00 Å². The van der Waals surface area contributed by atoms with Gasteiger partial charge in [0.1, 0.15) is 18.4 Å². The van der Waals surface area contributed by atoms with Crippen molar-refractivity contribution >= 4 is 29.8 Å². The summed E-state index contributed by atoms with van der Waals surface area (Å²) in [4.78, 5) is 13.5. The Morgan fingerprint density at radius 3 is 2.85 bits per heavy atom. The molecular weight excluding hydrogens is 362 g/mol. The van der Waals surface area contributed by atoms with E-state index in [1.165, 1.54) is 6.07 Å². The van der Waals surface area contributed by atoms with Crippen molar-refractivity contribution in [2.75, 3.05) is 16.8 Å². The van der Waals surface area contributed by atoms with Gasteiger partial charge < -0.3 is 15.0 Å². The number of nitriles is 1. The lowest BCUT2D eigenvalue weighted by Crippen LogP contribution is -2.55. The van der Waals surface area contributed by atoms with Crippen LogP contribution >= 0.6 is 0 Å². The van der Waals surface area contributed by atoms with E-state index in [0.717, 1.165) is 6.07 Å². The lowest BCUT2D eigenvalue weighted by atomic mass is 9.34. The van der Waals surface area contributed by atoms with E-state index in [2.05, 4.69) is 21.8 Å². The molecule has 1 fully saturated rings. The topological polar surface area (TPSA) is 89.7 Å². The van der Waals surface area contributed by atoms with Crippen molar-refractivity contribution in [3.05, 3.63) is 17.7 Å². The second-order valence-electron chi connectivity index (χ2n) is 6.84. The molecule has 3 aliphatic heterocycles. The molecule has 27 heavy (non-hydrogen) atoms. The number of anilines is 2. The first-order valence-corrected chi connectivity index (χ1v) is 8.47. The first-order valence-electron chi connectivity index (χ1n) is 8.47. The summed E-state index contributed by atoms with van der Waals surface area (Å²) in [6, 6.07) is 1.47. The summed E-state index contributed by atoms with van der Waals surface area (Å²) in [5.74, 6) is 2.24. The van der Waals surface area contributed by atoms with Gasteiger partial charge in [-0.15, -0.1) is 0 Å². The fraction of sp³-hybridized carbons (Fsp3) is 0.438. The zero-order valence-corrected chi connectivity index (χ0v) is 14.3. The van der Waals surface area contributed by atoms with Crippen LogP contribution in [0.5, 0.6) is 5.75 Å². The van der Waals surface area contributed by atoms with Gasteiger partial charge in [-0.05, 0) is 31.7 Å². The number of benzene rings is 1. The molecule has 1 amide bonds. The Balaban J connectivity index is 1.75. The zero-order valence-electron chi connectivity index (χ0n) is 14.3. The van der Waals surface area contributed by atoms with E-state index in [9.17, 15) is 18.0 Å². The second kappa shape index (κ2) is 6.08. The Kier molecular flexibility index (Phi) is 3.94. The summed E-state index contributed by atoms with van der Waals surface area (Å²) in [7, 11) is 0. The number of amidine groups is 1. The largest absolute Gasteiger partial charge is 0.483 e. The van der Waals surface area contributed by atoms with E-state index < -0.39 is 17.8 Å². The summed E-state index contributed by atoms with van der Waals surface area (Å²) in [5.41, 5.74) is 1.80. The lowest BCUT2D eigenvalue weighted by Gasteiger charge is -2.39. The van der Waals surface area contributed by atoms with Crippen molar-refractivity contribution in [3.8, 4) is 11.7 Å². The smallest absolute Gasteiger partial charge is 0.418 e. The van der Waals surface area contributed by atoms with Crippen LogP contribution in [-0.4, -0.2) is 37.1 Å². The number of nitrogens with one attached hydrogen (secondary N) is 2. The monoisotopic (exact) mass is 377 g/mol. The molecule has 0 bridgehead atoms. The number of hydrogen-bond donors (Lipinski definition) is 2. The molecule has 3 heterocycles. The average Bonchev–Trinajstić information content (AvgIpc) is 2.58. The summed E-state index contributed by atoms with van der Waals surface area (Å²) < 4.78 is 46.1. The van der Waals surface area contributed by atoms with E-state index in [1.54, 1.807) is 11.8 Å². The minimum atomic E-state index is -4.57. The number of hydrazone groups is 1. The zero-order chi connectivity index (χ0) is 19.3. The van der Waals surface area contributed by atoms with Crippen LogP contribution in [0.1, 0.15) is 12.5 Å². The number of hydrogen-bond acceptors (Lipinski definition) is 6. The molecule has 0 radical (unpaired) electrons. The minimum absolute atomic E-state index is 0.0336. The molecule has 0 saturated carbocycles. The number of rotatable bonds is 2. The van der Waals surface area contributed by atoms with E-state index in [-0.39, 0.29) is 36.7 Å². The molecule has 1 saturated heterocycles. The van der Waals surface area contributed by atoms with Gasteiger partial charge >= 0.3 is 6.18 Å². The van der Waals surface area contributed by atoms with Gasteiger partial charge in [0.15, 0.2) is 5.84 Å². The maximum absolute atomic E-state index is 13.6. The third-order valence-corrected chi connectivity index (χ3v) is 5.04. The van der Waals surface area contributed by atoms with Crippen molar-refractivity contribution in [2.24, 2.45) is 5.10 Å². The fourth-order valence-electron chi connectivity index (χ4n) is 3.49. The number of fused-ring (bicyclic) bond motifs is 3. The Morgan fingerprint density at radius 1 is 1.44 bits per heavy atom. The molecule has 1 aromatic rings. The van der Waals surface area contributed by atoms with E-state index in [0.29, 0.717) is 24.2 Å². The molecule has 7 nitrogen and oxygen atoms in total. The van der Waals surface area contributed by atoms with Gasteiger partial charge in [0.05, 0.1) is 11.3 Å². The van der Waals surface area contributed by atoms with Crippen LogP contribution in [0.4, 0.5) is 24.5 Å². The highest BCUT2D eigenvalue weighted by molar-refractivity contribution is 6.70. The summed E-state index contributed by atoms with van der Waals surface area (Å²) in [5, 5.41) is 15.7. The number of nitrogens with zero attached hydrogens (tertiary/aromatic N) is 3. The maximum atomic E-state index is 13.6. The molecule has 1 aromatic carbocycles. The highest BCUT2D eigenvalue weighted by atomic mass is 19.4. The van der Waals surface area contributed by atoms with Gasteiger partial charge in [0, 0.05) is 17.7 Å². The normalized spacial score (nSPS) is 21.8. The third-order valence-electron chi connectivity index (χ3n) is 5.04. The predicted molar refractivity (Wildman–Crippen MR) is 92.8 cm³/mol. The number of alkyl halides is 3. The van der Waals surface area contributed by atoms with Crippen molar-refractivity contribution in [1.82, 2.24) is 5.43 Å². The first-order chi connectivity index (χ1) is 12.8. The van der Waals surface area contributed by atoms with Gasteiger partial charge in [-0.25, -0.2) is 10.7 Å². The molecule has 1 atom stereocenters. The number of halogens is 3. The lowest BCUT2D eigenvalue weighted by molar-refractivity contribution is -0.137. The summed E-state index contributed by atoms with van der Waals surface area (Å²) in [6.07, 6.45) is -3.58. The number of carbonyl (C=O) groups is 1. The number of carbonyl (C=O) groups excluding carboxylic acids is 1. The van der Waals surface area contributed by atoms with E-state index >= 15 is 0 Å². The third kappa shape index (κ3) is 2.95. The second-order valence-corrected chi connectivity index (χ2v) is 6.84. The van der Waals surface area contributed by atoms with Gasteiger partial charge in [0.2, 0.25) is 0 Å². The van der Waals surface area contributed by atoms with Crippen LogP contribution in [0.25, 0.3) is 0 Å². The Labute approximate surface area is 153 Å². The highest BCUT2D eigenvalue weighted by Crippen LogP contribution is 2.45. The molecule has 3 aliphatic rings. The molecule has 2 N–H and O–H groups in total. The molecule has 11 heteroatoms. The molecular formula is C16H15BF3N5O2. The van der Waals surface area contributed by atoms with Crippen LogP contribution in [0, 0.1) is 11.2 Å². The van der Waals surface area contributed by atoms with Crippen LogP contribution in [0.3, 0.4) is 0 Å². The van der Waals surface area contributed by atoms with Gasteiger partial charge in [-0.1, -0.05) is 0 Å². The van der Waals surface area contributed by atoms with E-state index in [1.807, 2.05) is 0 Å². The Hall–Kier alpha value is -2.90. The fourth-order valence-corrected chi connectivity index (χ4v) is 3.49. The SMILES string of the molecule is CC1C(=O)NN=C2COc3cc(C(F)(F)F)c(NC4CB(C#N)C4)cc3N21. The number of ether oxygens (including phenoxy) is 1. The van der Waals surface area contributed by atoms with Crippen LogP contribution in [0.15, 0.2) is 17.2 Å². The molecule has 0 spiro atoms. The molecule has 4 rings (SSSR count). The molecule has 0 aromatic heterocycles. The van der Waals surface area contributed by atoms with Gasteiger partial charge in [0.25, 0.3) is 12.6 Å². The van der Waals surface area contributed by atoms with Crippen LogP contribution in [-0.2, 0) is 11.0 Å². The van der Waals surface area contributed by atoms with Crippen LogP contribution < -0.4 is 20.4 Å². The molecule has 1 unspecified atom stereocenters. The summed E-state index contributed by atoms with van der Waals surface area (Å²) >= 11 is 0. The Morgan fingerprint density at radius 2 is 2.19 bits per heavy atom. The average molecular weight is 377 g/mol. The van der Waals surface area contributed by atoms with Crippen molar-refractivity contribution < 1.29 is 22.7 Å². The molecule has 0 aliphatic carbocycles. The Bertz CT molecular complexity index is 876. The standard InChI is InChI=1S/C16H15BF3N5O2/c1-8-15(26)24-23-14-6-27-13-2-10(16(18,19)20)11(3-12(13)25(8)14)22-9-4-17(5-9)7-21/h2-3,8-9,22H,4-6H2,1H3,(H,24,26). The quantitative estimate of drug-likeness (QED) is 0.771. The summed E-state index contributed by atoms with van der Waals surface area (Å²) in [6.45, 7) is 1.48. The molecule has 140 valence electrons. The number of amides is 1. The maximum Gasteiger partial charge on any atom is 0.418 e. The first kappa shape index (κ1) is 17.5. The van der Waals surface area contributed by atoms with Crippen molar-refractivity contribution in [2.45, 2.75) is 37.8 Å². The highest BCUT2D eigenvalue weighted by Gasteiger charge is 2.41.